The first-order chi connectivity index (χ1) is 12.9. The smallest absolute Gasteiger partial charge is 0.279 e. The van der Waals surface area contributed by atoms with E-state index in [9.17, 15) is 13.2 Å². The lowest BCUT2D eigenvalue weighted by atomic mass is 10.3. The third-order valence-corrected chi connectivity index (χ3v) is 5.17. The van der Waals surface area contributed by atoms with Gasteiger partial charge in [0.25, 0.3) is 15.9 Å². The van der Waals surface area contributed by atoms with Crippen molar-refractivity contribution in [2.75, 3.05) is 17.1 Å². The Morgan fingerprint density at radius 1 is 1.07 bits per heavy atom. The molecule has 140 valence electrons. The SMILES string of the molecule is COc1ccc(NS(=O)(=O)c2[nH]ncc2C(=O)Nc2ccc(Cl)cc2)cc1. The number of hydrogen-bond donors (Lipinski definition) is 3. The fourth-order valence-electron chi connectivity index (χ4n) is 2.24. The number of benzene rings is 2. The summed E-state index contributed by atoms with van der Waals surface area (Å²) in [7, 11) is -2.55. The predicted molar refractivity (Wildman–Crippen MR) is 102 cm³/mol. The molecule has 10 heteroatoms. The Labute approximate surface area is 160 Å². The number of rotatable bonds is 6. The minimum atomic E-state index is -4.06. The molecule has 8 nitrogen and oxygen atoms in total. The maximum Gasteiger partial charge on any atom is 0.279 e. The summed E-state index contributed by atoms with van der Waals surface area (Å²) in [4.78, 5) is 12.5. The Morgan fingerprint density at radius 2 is 1.70 bits per heavy atom. The van der Waals surface area contributed by atoms with Crippen molar-refractivity contribution in [2.24, 2.45) is 0 Å². The van der Waals surface area contributed by atoms with Crippen molar-refractivity contribution < 1.29 is 17.9 Å². The molecular formula is C17H15ClN4O4S. The van der Waals surface area contributed by atoms with E-state index in [-0.39, 0.29) is 10.6 Å². The van der Waals surface area contributed by atoms with Crippen LogP contribution in [0.5, 0.6) is 5.75 Å². The van der Waals surface area contributed by atoms with Gasteiger partial charge in [-0.1, -0.05) is 11.6 Å². The summed E-state index contributed by atoms with van der Waals surface area (Å²) < 4.78 is 32.7. The van der Waals surface area contributed by atoms with Gasteiger partial charge in [0.1, 0.15) is 5.75 Å². The largest absolute Gasteiger partial charge is 0.497 e. The monoisotopic (exact) mass is 406 g/mol. The Balaban J connectivity index is 1.81. The molecule has 0 unspecified atom stereocenters. The summed E-state index contributed by atoms with van der Waals surface area (Å²) in [6.45, 7) is 0. The minimum absolute atomic E-state index is 0.119. The lowest BCUT2D eigenvalue weighted by Gasteiger charge is -2.09. The van der Waals surface area contributed by atoms with Crippen LogP contribution in [0.25, 0.3) is 0 Å². The van der Waals surface area contributed by atoms with Gasteiger partial charge < -0.3 is 10.1 Å². The molecule has 1 aromatic heterocycles. The van der Waals surface area contributed by atoms with Crippen molar-refractivity contribution in [1.29, 1.82) is 0 Å². The second-order valence-electron chi connectivity index (χ2n) is 5.41. The molecule has 3 rings (SSSR count). The van der Waals surface area contributed by atoms with Gasteiger partial charge in [0.15, 0.2) is 5.03 Å². The number of carbonyl (C=O) groups excluding carboxylic acids is 1. The summed E-state index contributed by atoms with van der Waals surface area (Å²) in [6.07, 6.45) is 1.15. The number of halogens is 1. The van der Waals surface area contributed by atoms with Crippen LogP contribution in [-0.2, 0) is 10.0 Å². The van der Waals surface area contributed by atoms with Crippen LogP contribution in [0.4, 0.5) is 11.4 Å². The Hall–Kier alpha value is -3.04. The summed E-state index contributed by atoms with van der Waals surface area (Å²) >= 11 is 5.81. The van der Waals surface area contributed by atoms with Crippen molar-refractivity contribution in [3.8, 4) is 5.75 Å². The molecule has 1 amide bonds. The van der Waals surface area contributed by atoms with Crippen LogP contribution in [0, 0.1) is 0 Å². The molecule has 0 saturated heterocycles. The van der Waals surface area contributed by atoms with Crippen LogP contribution in [-0.4, -0.2) is 31.6 Å². The Morgan fingerprint density at radius 3 is 2.33 bits per heavy atom. The maximum atomic E-state index is 12.6. The van der Waals surface area contributed by atoms with Gasteiger partial charge in [-0.25, -0.2) is 0 Å². The van der Waals surface area contributed by atoms with Crippen LogP contribution in [0.15, 0.2) is 59.8 Å². The molecule has 0 aliphatic carbocycles. The van der Waals surface area contributed by atoms with Crippen LogP contribution in [0.1, 0.15) is 10.4 Å². The quantitative estimate of drug-likeness (QED) is 0.582. The topological polar surface area (TPSA) is 113 Å². The third kappa shape index (κ3) is 4.39. The predicted octanol–water partition coefficient (Wildman–Crippen LogP) is 3.12. The van der Waals surface area contributed by atoms with Crippen molar-refractivity contribution in [2.45, 2.75) is 5.03 Å². The van der Waals surface area contributed by atoms with E-state index in [1.165, 1.54) is 7.11 Å². The number of nitrogens with zero attached hydrogens (tertiary/aromatic N) is 1. The highest BCUT2D eigenvalue weighted by Gasteiger charge is 2.25. The molecule has 0 bridgehead atoms. The van der Waals surface area contributed by atoms with Gasteiger partial charge in [-0.2, -0.15) is 13.5 Å². The summed E-state index contributed by atoms with van der Waals surface area (Å²) in [5.74, 6) is -0.0382. The van der Waals surface area contributed by atoms with Gasteiger partial charge in [-0.05, 0) is 48.5 Å². The van der Waals surface area contributed by atoms with E-state index in [1.807, 2.05) is 0 Å². The molecule has 1 heterocycles. The van der Waals surface area contributed by atoms with Gasteiger partial charge in [0.2, 0.25) is 0 Å². The van der Waals surface area contributed by atoms with Crippen molar-refractivity contribution in [3.05, 3.63) is 65.3 Å². The number of aromatic nitrogens is 2. The van der Waals surface area contributed by atoms with E-state index in [0.29, 0.717) is 22.1 Å². The second-order valence-corrected chi connectivity index (χ2v) is 7.46. The molecule has 0 aliphatic rings. The molecule has 0 radical (unpaired) electrons. The van der Waals surface area contributed by atoms with Crippen molar-refractivity contribution >= 4 is 38.9 Å². The van der Waals surface area contributed by atoms with Crippen molar-refractivity contribution in [3.63, 3.8) is 0 Å². The zero-order valence-corrected chi connectivity index (χ0v) is 15.6. The van der Waals surface area contributed by atoms with E-state index < -0.39 is 15.9 Å². The van der Waals surface area contributed by atoms with Gasteiger partial charge >= 0.3 is 0 Å². The summed E-state index contributed by atoms with van der Waals surface area (Å²) in [5, 5.41) is 8.82. The lowest BCUT2D eigenvalue weighted by Crippen LogP contribution is -2.19. The highest BCUT2D eigenvalue weighted by Crippen LogP contribution is 2.21. The number of methoxy groups -OCH3 is 1. The zero-order valence-electron chi connectivity index (χ0n) is 14.1. The van der Waals surface area contributed by atoms with Crippen LogP contribution < -0.4 is 14.8 Å². The first kappa shape index (κ1) is 18.7. The third-order valence-electron chi connectivity index (χ3n) is 3.56. The van der Waals surface area contributed by atoms with Gasteiger partial charge in [0.05, 0.1) is 18.9 Å². The maximum absolute atomic E-state index is 12.6. The number of hydrogen-bond acceptors (Lipinski definition) is 5. The standard InChI is InChI=1S/C17H15ClN4O4S/c1-26-14-8-6-13(7-9-14)22-27(24,25)17-15(10-19-21-17)16(23)20-12-4-2-11(18)3-5-12/h2-10,22H,1H3,(H,19,21)(H,20,23). The summed E-state index contributed by atoms with van der Waals surface area (Å²) in [5.41, 5.74) is 0.664. The van der Waals surface area contributed by atoms with Gasteiger partial charge in [0, 0.05) is 16.4 Å². The number of sulfonamides is 1. The highest BCUT2D eigenvalue weighted by molar-refractivity contribution is 7.92. The average Bonchev–Trinajstić information content (AvgIpc) is 3.15. The highest BCUT2D eigenvalue weighted by atomic mass is 35.5. The van der Waals surface area contributed by atoms with Gasteiger partial charge in [-0.15, -0.1) is 0 Å². The van der Waals surface area contributed by atoms with E-state index in [1.54, 1.807) is 48.5 Å². The fraction of sp³-hybridized carbons (Fsp3) is 0.0588. The molecular weight excluding hydrogens is 392 g/mol. The number of amides is 1. The Kier molecular flexibility index (Phi) is 5.33. The normalized spacial score (nSPS) is 11.0. The molecule has 3 N–H and O–H groups in total. The second kappa shape index (κ2) is 7.68. The number of ether oxygens (including phenoxy) is 1. The van der Waals surface area contributed by atoms with Crippen molar-refractivity contribution in [1.82, 2.24) is 10.2 Å². The molecule has 2 aromatic carbocycles. The van der Waals surface area contributed by atoms with E-state index in [0.717, 1.165) is 6.20 Å². The number of carbonyl (C=O) groups is 1. The molecule has 0 fully saturated rings. The van der Waals surface area contributed by atoms with Crippen LogP contribution in [0.3, 0.4) is 0 Å². The average molecular weight is 407 g/mol. The van der Waals surface area contributed by atoms with E-state index in [4.69, 9.17) is 16.3 Å². The number of anilines is 2. The number of nitrogens with one attached hydrogen (secondary N) is 3. The van der Waals surface area contributed by atoms with E-state index in [2.05, 4.69) is 20.2 Å². The molecule has 0 saturated carbocycles. The van der Waals surface area contributed by atoms with E-state index >= 15 is 0 Å². The zero-order chi connectivity index (χ0) is 19.4. The molecule has 3 aromatic rings. The lowest BCUT2D eigenvalue weighted by molar-refractivity contribution is 0.102. The Bertz CT molecular complexity index is 1050. The first-order valence-corrected chi connectivity index (χ1v) is 9.52. The number of aromatic amines is 1. The number of H-pyrrole nitrogens is 1. The van der Waals surface area contributed by atoms with Gasteiger partial charge in [-0.3, -0.25) is 14.6 Å². The molecule has 27 heavy (non-hydrogen) atoms. The first-order valence-electron chi connectivity index (χ1n) is 7.66. The van der Waals surface area contributed by atoms with Crippen LogP contribution >= 0.6 is 11.6 Å². The fourth-order valence-corrected chi connectivity index (χ4v) is 3.52. The molecule has 0 spiro atoms. The van der Waals surface area contributed by atoms with Crippen LogP contribution in [0.2, 0.25) is 5.02 Å². The molecule has 0 atom stereocenters. The molecule has 0 aliphatic heterocycles. The minimum Gasteiger partial charge on any atom is -0.497 e. The summed E-state index contributed by atoms with van der Waals surface area (Å²) in [6, 6.07) is 12.7.